The van der Waals surface area contributed by atoms with E-state index in [1.807, 2.05) is 27.7 Å². The van der Waals surface area contributed by atoms with Gasteiger partial charge < -0.3 is 4.74 Å². The molecule has 0 spiro atoms. The number of carbonyl (C=O) groups is 1. The van der Waals surface area contributed by atoms with Crippen molar-refractivity contribution < 1.29 is 9.53 Å². The van der Waals surface area contributed by atoms with Crippen LogP contribution in [0.2, 0.25) is 0 Å². The third-order valence-electron chi connectivity index (χ3n) is 1.97. The van der Waals surface area contributed by atoms with E-state index in [4.69, 9.17) is 10.6 Å². The van der Waals surface area contributed by atoms with Crippen LogP contribution in [-0.4, -0.2) is 36.3 Å². The number of amides is 1. The van der Waals surface area contributed by atoms with E-state index >= 15 is 0 Å². The van der Waals surface area contributed by atoms with Crippen molar-refractivity contribution in [2.45, 2.75) is 45.8 Å². The molecular weight excluding hydrogens is 208 g/mol. The molecule has 1 atom stereocenters. The molecule has 0 aliphatic rings. The number of hydrazine groups is 2. The highest BCUT2D eigenvalue weighted by Crippen LogP contribution is 2.05. The summed E-state index contributed by atoms with van der Waals surface area (Å²) in [6, 6.07) is 0.176. The smallest absolute Gasteiger partial charge is 0.422 e. The highest BCUT2D eigenvalue weighted by Gasteiger charge is 2.16. The van der Waals surface area contributed by atoms with Crippen LogP contribution >= 0.6 is 0 Å². The predicted octanol–water partition coefficient (Wildman–Crippen LogP) is 0.600. The number of ether oxygens (including phenoxy) is 1. The number of nitrogens with two attached hydrogens (primary N) is 1. The Morgan fingerprint density at radius 3 is 2.44 bits per heavy atom. The van der Waals surface area contributed by atoms with Crippen molar-refractivity contribution >= 4 is 6.09 Å². The monoisotopic (exact) mass is 232 g/mol. The maximum atomic E-state index is 11.3. The van der Waals surface area contributed by atoms with Crippen LogP contribution in [0, 0.1) is 0 Å². The van der Waals surface area contributed by atoms with Crippen molar-refractivity contribution in [3.8, 4) is 0 Å². The third-order valence-corrected chi connectivity index (χ3v) is 1.97. The van der Waals surface area contributed by atoms with Gasteiger partial charge >= 0.3 is 6.09 Å². The summed E-state index contributed by atoms with van der Waals surface area (Å²) < 4.78 is 5.06. The third kappa shape index (κ3) is 7.44. The van der Waals surface area contributed by atoms with Crippen molar-refractivity contribution in [1.29, 1.82) is 0 Å². The van der Waals surface area contributed by atoms with Gasteiger partial charge in [0.2, 0.25) is 0 Å². The summed E-state index contributed by atoms with van der Waals surface area (Å²) in [7, 11) is 1.79. The molecule has 0 aliphatic carbocycles. The molecule has 1 amide bonds. The molecule has 0 radical (unpaired) electrons. The molecule has 0 heterocycles. The van der Waals surface area contributed by atoms with Crippen LogP contribution in [-0.2, 0) is 4.74 Å². The molecular formula is C10H24N4O2. The molecule has 0 fully saturated rings. The van der Waals surface area contributed by atoms with Gasteiger partial charge in [-0.2, -0.15) is 0 Å². The van der Waals surface area contributed by atoms with Gasteiger partial charge in [0.15, 0.2) is 0 Å². The fraction of sp³-hybridized carbons (Fsp3) is 0.900. The van der Waals surface area contributed by atoms with E-state index in [1.165, 1.54) is 0 Å². The second-order valence-electron chi connectivity index (χ2n) is 4.74. The molecule has 0 aromatic rings. The van der Waals surface area contributed by atoms with Crippen LogP contribution in [0.15, 0.2) is 0 Å². The van der Waals surface area contributed by atoms with Gasteiger partial charge in [0, 0.05) is 19.6 Å². The first-order chi connectivity index (χ1) is 7.26. The van der Waals surface area contributed by atoms with Crippen molar-refractivity contribution in [3.05, 3.63) is 0 Å². The number of nitrogens with one attached hydrogen (secondary N) is 2. The summed E-state index contributed by atoms with van der Waals surface area (Å²) in [5.74, 6) is 5.62. The molecule has 96 valence electrons. The number of nitrogens with zero attached hydrogens (tertiary/aromatic N) is 1. The van der Waals surface area contributed by atoms with Crippen molar-refractivity contribution in [1.82, 2.24) is 15.9 Å². The van der Waals surface area contributed by atoms with Gasteiger partial charge in [-0.3, -0.25) is 11.3 Å². The minimum Gasteiger partial charge on any atom is -0.443 e. The highest BCUT2D eigenvalue weighted by atomic mass is 16.6. The molecule has 0 rings (SSSR count). The molecule has 0 aliphatic heterocycles. The number of carbonyl (C=O) groups excluding carboxylic acids is 1. The van der Waals surface area contributed by atoms with Crippen LogP contribution in [0.4, 0.5) is 4.79 Å². The van der Waals surface area contributed by atoms with Crippen molar-refractivity contribution in [2.24, 2.45) is 5.84 Å². The van der Waals surface area contributed by atoms with E-state index in [2.05, 4.69) is 10.9 Å². The Hall–Kier alpha value is -0.850. The summed E-state index contributed by atoms with van der Waals surface area (Å²) in [4.78, 5) is 11.3. The van der Waals surface area contributed by atoms with Crippen LogP contribution in [0.25, 0.3) is 0 Å². The van der Waals surface area contributed by atoms with Gasteiger partial charge in [-0.05, 0) is 27.2 Å². The zero-order chi connectivity index (χ0) is 12.8. The van der Waals surface area contributed by atoms with Crippen LogP contribution in [0.5, 0.6) is 0 Å². The lowest BCUT2D eigenvalue weighted by atomic mass is 10.2. The fourth-order valence-corrected chi connectivity index (χ4v) is 1.12. The van der Waals surface area contributed by atoms with E-state index in [0.29, 0.717) is 6.54 Å². The van der Waals surface area contributed by atoms with E-state index in [0.717, 1.165) is 6.42 Å². The number of likely N-dealkylation sites (N-methyl/N-ethyl adjacent to an activating group) is 1. The summed E-state index contributed by atoms with van der Waals surface area (Å²) in [6.45, 7) is 8.05. The van der Waals surface area contributed by atoms with Gasteiger partial charge in [-0.25, -0.2) is 15.2 Å². The maximum Gasteiger partial charge on any atom is 0.422 e. The maximum absolute atomic E-state index is 11.3. The average molecular weight is 232 g/mol. The molecule has 0 bridgehead atoms. The standard InChI is InChI=1S/C10H24N4O2/c1-6-8(14(5)11)7-12-13-9(15)16-10(2,3)4/h8,12H,6-7,11H2,1-5H3,(H,13,15). The first kappa shape index (κ1) is 15.2. The predicted molar refractivity (Wildman–Crippen MR) is 63.4 cm³/mol. The highest BCUT2D eigenvalue weighted by molar-refractivity contribution is 5.66. The van der Waals surface area contributed by atoms with E-state index < -0.39 is 11.7 Å². The Morgan fingerprint density at radius 2 is 2.06 bits per heavy atom. The lowest BCUT2D eigenvalue weighted by Gasteiger charge is -2.24. The molecule has 0 saturated heterocycles. The SMILES string of the molecule is CCC(CNNC(=O)OC(C)(C)C)N(C)N. The average Bonchev–Trinajstić information content (AvgIpc) is 2.08. The minimum absolute atomic E-state index is 0.176. The number of hydrogen-bond acceptors (Lipinski definition) is 5. The van der Waals surface area contributed by atoms with Crippen molar-refractivity contribution in [2.75, 3.05) is 13.6 Å². The second-order valence-corrected chi connectivity index (χ2v) is 4.74. The molecule has 1 unspecified atom stereocenters. The van der Waals surface area contributed by atoms with Gasteiger partial charge in [0.1, 0.15) is 5.60 Å². The Labute approximate surface area is 97.4 Å². The second kappa shape index (κ2) is 6.67. The fourth-order valence-electron chi connectivity index (χ4n) is 1.12. The minimum atomic E-state index is -0.486. The van der Waals surface area contributed by atoms with Gasteiger partial charge in [-0.1, -0.05) is 6.92 Å². The van der Waals surface area contributed by atoms with Gasteiger partial charge in [-0.15, -0.1) is 0 Å². The van der Waals surface area contributed by atoms with Crippen LogP contribution in [0.1, 0.15) is 34.1 Å². The number of rotatable bonds is 5. The molecule has 6 nitrogen and oxygen atoms in total. The van der Waals surface area contributed by atoms with E-state index in [1.54, 1.807) is 12.1 Å². The summed E-state index contributed by atoms with van der Waals surface area (Å²) in [6.07, 6.45) is 0.415. The summed E-state index contributed by atoms with van der Waals surface area (Å²) in [5.41, 5.74) is 4.77. The quantitative estimate of drug-likeness (QED) is 0.478. The Bertz CT molecular complexity index is 213. The lowest BCUT2D eigenvalue weighted by Crippen LogP contribution is -2.49. The zero-order valence-electron chi connectivity index (χ0n) is 10.8. The molecule has 0 aromatic heterocycles. The molecule has 6 heteroatoms. The Kier molecular flexibility index (Phi) is 6.32. The van der Waals surface area contributed by atoms with E-state index in [9.17, 15) is 4.79 Å². The van der Waals surface area contributed by atoms with Crippen molar-refractivity contribution in [3.63, 3.8) is 0 Å². The summed E-state index contributed by atoms with van der Waals surface area (Å²) in [5, 5.41) is 1.61. The number of hydrogen-bond donors (Lipinski definition) is 3. The van der Waals surface area contributed by atoms with Gasteiger partial charge in [0.05, 0.1) is 0 Å². The Morgan fingerprint density at radius 1 is 1.50 bits per heavy atom. The first-order valence-electron chi connectivity index (χ1n) is 5.45. The van der Waals surface area contributed by atoms with Gasteiger partial charge in [0.25, 0.3) is 0 Å². The largest absolute Gasteiger partial charge is 0.443 e. The molecule has 0 aromatic carbocycles. The first-order valence-corrected chi connectivity index (χ1v) is 5.45. The summed E-state index contributed by atoms with van der Waals surface area (Å²) >= 11 is 0. The molecule has 4 N–H and O–H groups in total. The van der Waals surface area contributed by atoms with Crippen LogP contribution in [0.3, 0.4) is 0 Å². The van der Waals surface area contributed by atoms with Crippen LogP contribution < -0.4 is 16.7 Å². The van der Waals surface area contributed by atoms with E-state index in [-0.39, 0.29) is 6.04 Å². The normalized spacial score (nSPS) is 13.7. The molecule has 0 saturated carbocycles. The topological polar surface area (TPSA) is 79.6 Å². The lowest BCUT2D eigenvalue weighted by molar-refractivity contribution is 0.0491. The zero-order valence-corrected chi connectivity index (χ0v) is 10.8. The Balaban J connectivity index is 3.77. The molecule has 16 heavy (non-hydrogen) atoms.